The second kappa shape index (κ2) is 7.43. The highest BCUT2D eigenvalue weighted by atomic mass is 35.5. The first-order chi connectivity index (χ1) is 9.69. The third-order valence-electron chi connectivity index (χ3n) is 3.02. The van der Waals surface area contributed by atoms with Gasteiger partial charge in [-0.15, -0.1) is 0 Å². The van der Waals surface area contributed by atoms with Crippen molar-refractivity contribution in [3.63, 3.8) is 0 Å². The fourth-order valence-electron chi connectivity index (χ4n) is 2.02. The van der Waals surface area contributed by atoms with Crippen LogP contribution >= 0.6 is 11.6 Å². The molecule has 0 saturated heterocycles. The molecule has 0 unspecified atom stereocenters. The minimum atomic E-state index is 0.617. The van der Waals surface area contributed by atoms with E-state index in [1.807, 2.05) is 31.3 Å². The average molecular weight is 294 g/mol. The second-order valence-electron chi connectivity index (χ2n) is 4.85. The lowest BCUT2D eigenvalue weighted by atomic mass is 10.2. The Kier molecular flexibility index (Phi) is 5.59. The molecule has 0 aliphatic rings. The minimum absolute atomic E-state index is 0.617. The molecule has 108 valence electrons. The van der Waals surface area contributed by atoms with Crippen LogP contribution in [0.25, 0.3) is 11.5 Å². The van der Waals surface area contributed by atoms with Gasteiger partial charge in [-0.05, 0) is 51.8 Å². The molecule has 0 atom stereocenters. The number of aromatic nitrogens is 1. The summed E-state index contributed by atoms with van der Waals surface area (Å²) in [6, 6.07) is 7.53. The van der Waals surface area contributed by atoms with Gasteiger partial charge in [-0.25, -0.2) is 4.98 Å². The number of nitrogens with zero attached hydrogens (tertiary/aromatic N) is 2. The Morgan fingerprint density at radius 3 is 3.00 bits per heavy atom. The van der Waals surface area contributed by atoms with Crippen molar-refractivity contribution in [1.82, 2.24) is 15.2 Å². The summed E-state index contributed by atoms with van der Waals surface area (Å²) in [4.78, 5) is 6.74. The van der Waals surface area contributed by atoms with Crippen LogP contribution in [-0.2, 0) is 6.54 Å². The van der Waals surface area contributed by atoms with Crippen molar-refractivity contribution in [2.24, 2.45) is 0 Å². The molecule has 20 heavy (non-hydrogen) atoms. The van der Waals surface area contributed by atoms with Crippen LogP contribution < -0.4 is 5.32 Å². The first-order valence-electron chi connectivity index (χ1n) is 6.72. The molecule has 0 amide bonds. The lowest BCUT2D eigenvalue weighted by Crippen LogP contribution is -2.22. The van der Waals surface area contributed by atoms with Gasteiger partial charge < -0.3 is 14.6 Å². The van der Waals surface area contributed by atoms with Crippen LogP contribution in [0.3, 0.4) is 0 Å². The van der Waals surface area contributed by atoms with E-state index in [9.17, 15) is 0 Å². The quantitative estimate of drug-likeness (QED) is 0.797. The lowest BCUT2D eigenvalue weighted by molar-refractivity contribution is 0.317. The van der Waals surface area contributed by atoms with Crippen molar-refractivity contribution >= 4 is 11.6 Å². The number of halogens is 1. The normalized spacial score (nSPS) is 11.2. The summed E-state index contributed by atoms with van der Waals surface area (Å²) < 4.78 is 5.52. The maximum Gasteiger partial charge on any atom is 0.226 e. The fraction of sp³-hybridized carbons (Fsp3) is 0.400. The fourth-order valence-corrected chi connectivity index (χ4v) is 2.21. The number of oxazole rings is 1. The van der Waals surface area contributed by atoms with Gasteiger partial charge in [0, 0.05) is 17.1 Å². The number of rotatable bonds is 7. The van der Waals surface area contributed by atoms with Gasteiger partial charge in [0.15, 0.2) is 0 Å². The molecule has 0 fully saturated rings. The van der Waals surface area contributed by atoms with Crippen molar-refractivity contribution in [2.45, 2.75) is 13.0 Å². The van der Waals surface area contributed by atoms with Crippen molar-refractivity contribution in [3.8, 4) is 11.5 Å². The summed E-state index contributed by atoms with van der Waals surface area (Å²) in [5.74, 6) is 0.617. The Balaban J connectivity index is 1.95. The van der Waals surface area contributed by atoms with Gasteiger partial charge in [0.25, 0.3) is 0 Å². The topological polar surface area (TPSA) is 41.3 Å². The number of hydrogen-bond donors (Lipinski definition) is 1. The van der Waals surface area contributed by atoms with Crippen LogP contribution in [0.1, 0.15) is 12.1 Å². The van der Waals surface area contributed by atoms with Crippen molar-refractivity contribution in [1.29, 1.82) is 0 Å². The van der Waals surface area contributed by atoms with Gasteiger partial charge in [-0.2, -0.15) is 0 Å². The highest BCUT2D eigenvalue weighted by Gasteiger charge is 2.09. The highest BCUT2D eigenvalue weighted by molar-refractivity contribution is 6.30. The summed E-state index contributed by atoms with van der Waals surface area (Å²) in [7, 11) is 4.05. The van der Waals surface area contributed by atoms with Crippen LogP contribution in [0, 0.1) is 0 Å². The van der Waals surface area contributed by atoms with E-state index in [2.05, 4.69) is 22.2 Å². The molecule has 1 heterocycles. The molecule has 0 spiro atoms. The average Bonchev–Trinajstić information content (AvgIpc) is 2.87. The highest BCUT2D eigenvalue weighted by Crippen LogP contribution is 2.22. The maximum atomic E-state index is 5.97. The van der Waals surface area contributed by atoms with E-state index in [0.29, 0.717) is 10.9 Å². The number of nitrogens with one attached hydrogen (secondary N) is 1. The largest absolute Gasteiger partial charge is 0.444 e. The van der Waals surface area contributed by atoms with Crippen molar-refractivity contribution < 1.29 is 4.42 Å². The lowest BCUT2D eigenvalue weighted by Gasteiger charge is -2.14. The third-order valence-corrected chi connectivity index (χ3v) is 3.26. The Morgan fingerprint density at radius 2 is 2.25 bits per heavy atom. The smallest absolute Gasteiger partial charge is 0.226 e. The molecule has 0 saturated carbocycles. The standard InChI is InChI=1S/C15H20ClN3O/c1-17-7-4-8-19(2)10-14-11-20-15(18-14)12-5-3-6-13(16)9-12/h3,5-6,9,11,17H,4,7-8,10H2,1-2H3. The Morgan fingerprint density at radius 1 is 1.40 bits per heavy atom. The van der Waals surface area contributed by atoms with E-state index >= 15 is 0 Å². The summed E-state index contributed by atoms with van der Waals surface area (Å²) in [5.41, 5.74) is 1.84. The van der Waals surface area contributed by atoms with E-state index in [1.165, 1.54) is 0 Å². The second-order valence-corrected chi connectivity index (χ2v) is 5.29. The summed E-state index contributed by atoms with van der Waals surface area (Å²) >= 11 is 5.97. The first-order valence-corrected chi connectivity index (χ1v) is 7.10. The van der Waals surface area contributed by atoms with Crippen molar-refractivity contribution in [2.75, 3.05) is 27.2 Å². The Labute approximate surface area is 124 Å². The van der Waals surface area contributed by atoms with E-state index in [-0.39, 0.29) is 0 Å². The first kappa shape index (κ1) is 15.0. The molecule has 2 rings (SSSR count). The van der Waals surface area contributed by atoms with E-state index in [4.69, 9.17) is 16.0 Å². The molecular formula is C15H20ClN3O. The summed E-state index contributed by atoms with van der Waals surface area (Å²) in [6.45, 7) is 2.84. The van der Waals surface area contributed by atoms with Crippen LogP contribution in [0.5, 0.6) is 0 Å². The molecule has 5 heteroatoms. The molecule has 1 aromatic carbocycles. The molecule has 0 aliphatic heterocycles. The zero-order valence-corrected chi connectivity index (χ0v) is 12.7. The van der Waals surface area contributed by atoms with Gasteiger partial charge >= 0.3 is 0 Å². The van der Waals surface area contributed by atoms with E-state index in [1.54, 1.807) is 6.26 Å². The van der Waals surface area contributed by atoms with Gasteiger partial charge in [0.05, 0.1) is 5.69 Å². The summed E-state index contributed by atoms with van der Waals surface area (Å²) in [6.07, 6.45) is 2.83. The SMILES string of the molecule is CNCCCN(C)Cc1coc(-c2cccc(Cl)c2)n1. The summed E-state index contributed by atoms with van der Waals surface area (Å²) in [5, 5.41) is 3.83. The Hall–Kier alpha value is -1.36. The molecule has 4 nitrogen and oxygen atoms in total. The molecule has 1 aromatic heterocycles. The molecule has 0 bridgehead atoms. The molecule has 1 N–H and O–H groups in total. The zero-order chi connectivity index (χ0) is 14.4. The van der Waals surface area contributed by atoms with Crippen LogP contribution in [0.2, 0.25) is 5.02 Å². The maximum absolute atomic E-state index is 5.97. The van der Waals surface area contributed by atoms with Crippen LogP contribution in [0.15, 0.2) is 34.9 Å². The van der Waals surface area contributed by atoms with Crippen molar-refractivity contribution in [3.05, 3.63) is 41.2 Å². The third kappa shape index (κ3) is 4.34. The molecule has 2 aromatic rings. The van der Waals surface area contributed by atoms with Crippen LogP contribution in [0.4, 0.5) is 0 Å². The minimum Gasteiger partial charge on any atom is -0.444 e. The molecule has 0 aliphatic carbocycles. The number of hydrogen-bond acceptors (Lipinski definition) is 4. The predicted octanol–water partition coefficient (Wildman–Crippen LogP) is 3.04. The predicted molar refractivity (Wildman–Crippen MR) is 81.8 cm³/mol. The Bertz CT molecular complexity index is 541. The van der Waals surface area contributed by atoms with E-state index in [0.717, 1.165) is 37.3 Å². The monoisotopic (exact) mass is 293 g/mol. The van der Waals surface area contributed by atoms with Gasteiger partial charge in [0.2, 0.25) is 5.89 Å². The van der Waals surface area contributed by atoms with Crippen LogP contribution in [-0.4, -0.2) is 37.1 Å². The zero-order valence-electron chi connectivity index (χ0n) is 11.9. The molecule has 0 radical (unpaired) electrons. The number of benzene rings is 1. The van der Waals surface area contributed by atoms with Gasteiger partial charge in [-0.3, -0.25) is 0 Å². The molecular weight excluding hydrogens is 274 g/mol. The van der Waals surface area contributed by atoms with Gasteiger partial charge in [-0.1, -0.05) is 17.7 Å². The van der Waals surface area contributed by atoms with Gasteiger partial charge in [0.1, 0.15) is 6.26 Å². The van der Waals surface area contributed by atoms with E-state index < -0.39 is 0 Å².